The Labute approximate surface area is 108 Å². The third-order valence-corrected chi connectivity index (χ3v) is 3.40. The molecule has 0 aromatic heterocycles. The minimum absolute atomic E-state index is 0.00278. The summed E-state index contributed by atoms with van der Waals surface area (Å²) in [5, 5.41) is 0. The van der Waals surface area contributed by atoms with Crippen LogP contribution >= 0.6 is 0 Å². The van der Waals surface area contributed by atoms with E-state index in [1.54, 1.807) is 0 Å². The highest BCUT2D eigenvalue weighted by atomic mass is 19.1. The summed E-state index contributed by atoms with van der Waals surface area (Å²) in [6.07, 6.45) is 1.46. The van der Waals surface area contributed by atoms with Gasteiger partial charge < -0.3 is 9.64 Å². The van der Waals surface area contributed by atoms with E-state index < -0.39 is 23.3 Å². The van der Waals surface area contributed by atoms with Crippen LogP contribution in [0.2, 0.25) is 0 Å². The fraction of sp³-hybridized carbons (Fsp3) is 0.385. The van der Waals surface area contributed by atoms with Gasteiger partial charge in [0.2, 0.25) is 0 Å². The molecule has 2 heterocycles. The molecule has 1 aromatic rings. The fourth-order valence-electron chi connectivity index (χ4n) is 2.51. The number of nitrogens with zero attached hydrogens (tertiary/aromatic N) is 1. The quantitative estimate of drug-likeness (QED) is 0.766. The van der Waals surface area contributed by atoms with Crippen molar-refractivity contribution in [3.63, 3.8) is 0 Å². The van der Waals surface area contributed by atoms with Crippen LogP contribution in [0.15, 0.2) is 12.1 Å². The molecule has 6 heteroatoms. The van der Waals surface area contributed by atoms with Crippen molar-refractivity contribution in [2.24, 2.45) is 0 Å². The number of rotatable bonds is 2. The highest BCUT2D eigenvalue weighted by Gasteiger charge is 2.40. The van der Waals surface area contributed by atoms with E-state index in [2.05, 4.69) is 0 Å². The van der Waals surface area contributed by atoms with E-state index in [0.29, 0.717) is 12.7 Å². The number of fused-ring (bicyclic) bond motifs is 1. The van der Waals surface area contributed by atoms with Gasteiger partial charge in [0.1, 0.15) is 11.6 Å². The molecular weight excluding hydrogens is 256 g/mol. The molecule has 4 nitrogen and oxygen atoms in total. The van der Waals surface area contributed by atoms with Gasteiger partial charge in [-0.3, -0.25) is 9.59 Å². The van der Waals surface area contributed by atoms with Crippen LogP contribution in [0.3, 0.4) is 0 Å². The SMILES string of the molecule is O=C1C(=O)N(CC2CCCO2)c2cc(F)cc(F)c21. The van der Waals surface area contributed by atoms with Gasteiger partial charge in [0.25, 0.3) is 11.7 Å². The average Bonchev–Trinajstić information content (AvgIpc) is 2.93. The molecule has 2 aliphatic rings. The van der Waals surface area contributed by atoms with E-state index in [4.69, 9.17) is 4.74 Å². The zero-order valence-corrected chi connectivity index (χ0v) is 9.99. The minimum Gasteiger partial charge on any atom is -0.376 e. The Kier molecular flexibility index (Phi) is 2.82. The van der Waals surface area contributed by atoms with Crippen LogP contribution in [0.25, 0.3) is 0 Å². The van der Waals surface area contributed by atoms with Gasteiger partial charge in [-0.05, 0) is 18.9 Å². The van der Waals surface area contributed by atoms with E-state index in [1.807, 2.05) is 0 Å². The summed E-state index contributed by atoms with van der Waals surface area (Å²) in [6.45, 7) is 0.755. The standard InChI is InChI=1S/C13H11F2NO3/c14-7-4-9(15)11-10(5-7)16(13(18)12(11)17)6-8-2-1-3-19-8/h4-5,8H,1-3,6H2. The predicted molar refractivity (Wildman–Crippen MR) is 62.0 cm³/mol. The Morgan fingerprint density at radius 2 is 2.11 bits per heavy atom. The van der Waals surface area contributed by atoms with E-state index in [0.717, 1.165) is 23.8 Å². The number of benzene rings is 1. The number of anilines is 1. The second kappa shape index (κ2) is 4.38. The summed E-state index contributed by atoms with van der Waals surface area (Å²) in [6, 6.07) is 1.62. The van der Waals surface area contributed by atoms with Crippen molar-refractivity contribution in [2.45, 2.75) is 18.9 Å². The number of Topliss-reactive ketones (excluding diaryl/α,β-unsaturated/α-hetero) is 1. The molecule has 100 valence electrons. The first-order valence-electron chi connectivity index (χ1n) is 6.05. The lowest BCUT2D eigenvalue weighted by Gasteiger charge is -2.20. The van der Waals surface area contributed by atoms with Gasteiger partial charge in [-0.25, -0.2) is 8.78 Å². The Balaban J connectivity index is 1.98. The van der Waals surface area contributed by atoms with Crippen LogP contribution in [0.1, 0.15) is 23.2 Å². The van der Waals surface area contributed by atoms with Crippen molar-refractivity contribution in [3.05, 3.63) is 29.3 Å². The number of amides is 1. The normalized spacial score (nSPS) is 22.2. The zero-order chi connectivity index (χ0) is 13.6. The van der Waals surface area contributed by atoms with E-state index in [9.17, 15) is 18.4 Å². The zero-order valence-electron chi connectivity index (χ0n) is 9.99. The van der Waals surface area contributed by atoms with Crippen molar-refractivity contribution in [1.82, 2.24) is 0 Å². The Morgan fingerprint density at radius 1 is 1.32 bits per heavy atom. The van der Waals surface area contributed by atoms with Crippen molar-refractivity contribution in [2.75, 3.05) is 18.1 Å². The van der Waals surface area contributed by atoms with Gasteiger partial charge in [0.15, 0.2) is 0 Å². The maximum absolute atomic E-state index is 13.6. The van der Waals surface area contributed by atoms with E-state index >= 15 is 0 Å². The first-order valence-corrected chi connectivity index (χ1v) is 6.05. The summed E-state index contributed by atoms with van der Waals surface area (Å²) in [7, 11) is 0. The number of carbonyl (C=O) groups excluding carboxylic acids is 2. The third kappa shape index (κ3) is 1.92. The highest BCUT2D eigenvalue weighted by molar-refractivity contribution is 6.52. The van der Waals surface area contributed by atoms with Gasteiger partial charge in [-0.2, -0.15) is 0 Å². The second-order valence-corrected chi connectivity index (χ2v) is 4.66. The molecule has 1 aromatic carbocycles. The lowest BCUT2D eigenvalue weighted by atomic mass is 10.1. The third-order valence-electron chi connectivity index (χ3n) is 3.40. The molecule has 0 saturated carbocycles. The number of ether oxygens (including phenoxy) is 1. The summed E-state index contributed by atoms with van der Waals surface area (Å²) in [5.74, 6) is -3.56. The lowest BCUT2D eigenvalue weighted by Crippen LogP contribution is -2.36. The van der Waals surface area contributed by atoms with Gasteiger partial charge >= 0.3 is 0 Å². The molecule has 1 unspecified atom stereocenters. The predicted octanol–water partition coefficient (Wildman–Crippen LogP) is 1.67. The molecule has 1 amide bonds. The number of hydrogen-bond acceptors (Lipinski definition) is 3. The average molecular weight is 267 g/mol. The van der Waals surface area contributed by atoms with Gasteiger partial charge in [0.05, 0.1) is 23.9 Å². The fourth-order valence-corrected chi connectivity index (χ4v) is 2.51. The van der Waals surface area contributed by atoms with Gasteiger partial charge in [-0.1, -0.05) is 0 Å². The van der Waals surface area contributed by atoms with E-state index in [1.165, 1.54) is 0 Å². The molecule has 0 bridgehead atoms. The molecule has 1 saturated heterocycles. The summed E-state index contributed by atoms with van der Waals surface area (Å²) >= 11 is 0. The first-order chi connectivity index (χ1) is 9.08. The molecule has 0 spiro atoms. The molecule has 19 heavy (non-hydrogen) atoms. The molecule has 1 atom stereocenters. The lowest BCUT2D eigenvalue weighted by molar-refractivity contribution is -0.114. The van der Waals surface area contributed by atoms with Crippen LogP contribution in [-0.4, -0.2) is 30.9 Å². The van der Waals surface area contributed by atoms with E-state index in [-0.39, 0.29) is 23.9 Å². The summed E-state index contributed by atoms with van der Waals surface area (Å²) in [5.41, 5.74) is -0.340. The summed E-state index contributed by atoms with van der Waals surface area (Å²) < 4.78 is 32.2. The number of carbonyl (C=O) groups is 2. The van der Waals surface area contributed by atoms with Crippen molar-refractivity contribution >= 4 is 17.4 Å². The van der Waals surface area contributed by atoms with Crippen molar-refractivity contribution in [1.29, 1.82) is 0 Å². The number of hydrogen-bond donors (Lipinski definition) is 0. The Bertz CT molecular complexity index is 567. The van der Waals surface area contributed by atoms with Crippen molar-refractivity contribution in [3.8, 4) is 0 Å². The number of halogens is 2. The molecular formula is C13H11F2NO3. The maximum atomic E-state index is 13.6. The monoisotopic (exact) mass is 267 g/mol. The topological polar surface area (TPSA) is 46.6 Å². The number of ketones is 1. The second-order valence-electron chi connectivity index (χ2n) is 4.66. The molecule has 2 aliphatic heterocycles. The molecule has 0 N–H and O–H groups in total. The van der Waals surface area contributed by atoms with Gasteiger partial charge in [0, 0.05) is 12.7 Å². The van der Waals surface area contributed by atoms with Crippen LogP contribution in [-0.2, 0) is 9.53 Å². The highest BCUT2D eigenvalue weighted by Crippen LogP contribution is 2.33. The Hall–Kier alpha value is -1.82. The first kappa shape index (κ1) is 12.2. The van der Waals surface area contributed by atoms with Crippen molar-refractivity contribution < 1.29 is 23.1 Å². The molecule has 0 radical (unpaired) electrons. The van der Waals surface area contributed by atoms with Crippen LogP contribution < -0.4 is 4.90 Å². The van der Waals surface area contributed by atoms with Crippen LogP contribution in [0.5, 0.6) is 0 Å². The molecule has 0 aliphatic carbocycles. The smallest absolute Gasteiger partial charge is 0.299 e. The molecule has 1 fully saturated rings. The molecule has 3 rings (SSSR count). The summed E-state index contributed by atoms with van der Waals surface area (Å²) in [4.78, 5) is 24.7. The minimum atomic E-state index is -0.997. The van der Waals surface area contributed by atoms with Crippen LogP contribution in [0.4, 0.5) is 14.5 Å². The largest absolute Gasteiger partial charge is 0.376 e. The van der Waals surface area contributed by atoms with Gasteiger partial charge in [-0.15, -0.1) is 0 Å². The maximum Gasteiger partial charge on any atom is 0.299 e. The Morgan fingerprint density at radius 3 is 2.79 bits per heavy atom. The van der Waals surface area contributed by atoms with Crippen LogP contribution in [0, 0.1) is 11.6 Å².